The molecule has 158 valence electrons. The molecule has 6 nitrogen and oxygen atoms in total. The van der Waals surface area contributed by atoms with Crippen molar-refractivity contribution in [3.63, 3.8) is 0 Å². The van der Waals surface area contributed by atoms with Crippen LogP contribution in [0.2, 0.25) is 0 Å². The lowest BCUT2D eigenvalue weighted by molar-refractivity contribution is -0.121. The highest BCUT2D eigenvalue weighted by molar-refractivity contribution is 5.82. The Balaban J connectivity index is 1.74. The van der Waals surface area contributed by atoms with Crippen molar-refractivity contribution in [3.05, 3.63) is 69.1 Å². The largest absolute Gasteiger partial charge is 0.497 e. The number of amides is 1. The quantitative estimate of drug-likeness (QED) is 0.591. The first-order valence-corrected chi connectivity index (χ1v) is 9.88. The first kappa shape index (κ1) is 21.4. The van der Waals surface area contributed by atoms with Gasteiger partial charge in [0.1, 0.15) is 17.1 Å². The fraction of sp³-hybridized carbons (Fsp3) is 0.333. The molecule has 1 N–H and O–H groups in total. The Hall–Kier alpha value is -3.28. The number of ether oxygens (including phenoxy) is 2. The molecule has 1 unspecified atom stereocenters. The van der Waals surface area contributed by atoms with Gasteiger partial charge in [0.25, 0.3) is 0 Å². The Kier molecular flexibility index (Phi) is 6.45. The van der Waals surface area contributed by atoms with Gasteiger partial charge in [-0.1, -0.05) is 12.1 Å². The van der Waals surface area contributed by atoms with Crippen LogP contribution in [0.15, 0.2) is 45.6 Å². The monoisotopic (exact) mass is 409 g/mol. The molecule has 0 fully saturated rings. The first-order chi connectivity index (χ1) is 14.3. The minimum atomic E-state index is -0.388. The zero-order chi connectivity index (χ0) is 21.8. The van der Waals surface area contributed by atoms with E-state index in [1.165, 1.54) is 0 Å². The number of benzene rings is 2. The van der Waals surface area contributed by atoms with Gasteiger partial charge in [0.15, 0.2) is 0 Å². The smallest absolute Gasteiger partial charge is 0.339 e. The maximum Gasteiger partial charge on any atom is 0.339 e. The summed E-state index contributed by atoms with van der Waals surface area (Å²) in [5, 5.41) is 3.86. The Morgan fingerprint density at radius 2 is 1.87 bits per heavy atom. The number of nitrogens with one attached hydrogen (secondary N) is 1. The second kappa shape index (κ2) is 9.03. The Morgan fingerprint density at radius 3 is 2.57 bits per heavy atom. The molecule has 1 atom stereocenters. The summed E-state index contributed by atoms with van der Waals surface area (Å²) in [6, 6.07) is 11.0. The second-order valence-corrected chi connectivity index (χ2v) is 7.39. The van der Waals surface area contributed by atoms with Crippen LogP contribution in [0, 0.1) is 13.8 Å². The van der Waals surface area contributed by atoms with Crippen molar-refractivity contribution in [2.45, 2.75) is 39.7 Å². The van der Waals surface area contributed by atoms with Crippen molar-refractivity contribution >= 4 is 16.9 Å². The number of hydrogen-bond donors (Lipinski definition) is 1. The average molecular weight is 409 g/mol. The molecule has 1 aromatic heterocycles. The summed E-state index contributed by atoms with van der Waals surface area (Å²) in [5.41, 5.74) is 3.43. The molecule has 3 aromatic rings. The molecular weight excluding hydrogens is 382 g/mol. The molecule has 1 heterocycles. The molecule has 0 bridgehead atoms. The average Bonchev–Trinajstić information content (AvgIpc) is 2.72. The third-order valence-corrected chi connectivity index (χ3v) is 5.33. The number of fused-ring (bicyclic) bond motifs is 1. The van der Waals surface area contributed by atoms with Gasteiger partial charge in [-0.2, -0.15) is 0 Å². The van der Waals surface area contributed by atoms with E-state index in [1.807, 2.05) is 51.1 Å². The molecule has 0 aliphatic carbocycles. The Labute approximate surface area is 175 Å². The molecule has 0 aliphatic rings. The summed E-state index contributed by atoms with van der Waals surface area (Å²) >= 11 is 0. The standard InChI is InChI=1S/C24H27NO5/c1-14-6-8-18-15(2)19(24(27)30-22(18)12-14)9-11-23(26)25-16(3)20-13-17(28-4)7-10-21(20)29-5/h6-8,10,12-13,16H,9,11H2,1-5H3,(H,25,26). The number of carbonyl (C=O) groups is 1. The minimum Gasteiger partial charge on any atom is -0.497 e. The van der Waals surface area contributed by atoms with E-state index < -0.39 is 0 Å². The lowest BCUT2D eigenvalue weighted by Crippen LogP contribution is -2.27. The van der Waals surface area contributed by atoms with Gasteiger partial charge in [-0.3, -0.25) is 4.79 Å². The van der Waals surface area contributed by atoms with Crippen molar-refractivity contribution in [2.24, 2.45) is 0 Å². The van der Waals surface area contributed by atoms with Gasteiger partial charge >= 0.3 is 5.63 Å². The van der Waals surface area contributed by atoms with E-state index >= 15 is 0 Å². The van der Waals surface area contributed by atoms with E-state index in [1.54, 1.807) is 20.3 Å². The van der Waals surface area contributed by atoms with Crippen molar-refractivity contribution in [3.8, 4) is 11.5 Å². The topological polar surface area (TPSA) is 77.8 Å². The molecule has 30 heavy (non-hydrogen) atoms. The summed E-state index contributed by atoms with van der Waals surface area (Å²) < 4.78 is 16.1. The predicted octanol–water partition coefficient (Wildman–Crippen LogP) is 4.24. The molecule has 0 aliphatic heterocycles. The molecule has 1 amide bonds. The fourth-order valence-corrected chi connectivity index (χ4v) is 3.60. The predicted molar refractivity (Wildman–Crippen MR) is 116 cm³/mol. The number of rotatable bonds is 7. The van der Waals surface area contributed by atoms with E-state index in [2.05, 4.69) is 5.32 Å². The highest BCUT2D eigenvalue weighted by Gasteiger charge is 2.17. The number of carbonyl (C=O) groups excluding carboxylic acids is 1. The number of methoxy groups -OCH3 is 2. The van der Waals surface area contributed by atoms with Gasteiger partial charge < -0.3 is 19.2 Å². The highest BCUT2D eigenvalue weighted by Crippen LogP contribution is 2.29. The zero-order valence-corrected chi connectivity index (χ0v) is 18.0. The van der Waals surface area contributed by atoms with Crippen LogP contribution >= 0.6 is 0 Å². The van der Waals surface area contributed by atoms with Crippen LogP contribution in [-0.2, 0) is 11.2 Å². The summed E-state index contributed by atoms with van der Waals surface area (Å²) in [5.74, 6) is 1.20. The van der Waals surface area contributed by atoms with Gasteiger partial charge in [-0.25, -0.2) is 4.79 Å². The van der Waals surface area contributed by atoms with Crippen LogP contribution in [0.5, 0.6) is 11.5 Å². The third-order valence-electron chi connectivity index (χ3n) is 5.33. The summed E-state index contributed by atoms with van der Waals surface area (Å²) in [7, 11) is 3.18. The van der Waals surface area contributed by atoms with Gasteiger partial charge in [0.2, 0.25) is 5.91 Å². The molecule has 6 heteroatoms. The fourth-order valence-electron chi connectivity index (χ4n) is 3.60. The van der Waals surface area contributed by atoms with Crippen LogP contribution in [-0.4, -0.2) is 20.1 Å². The Morgan fingerprint density at radius 1 is 1.10 bits per heavy atom. The van der Waals surface area contributed by atoms with Gasteiger partial charge in [-0.05, 0) is 62.6 Å². The van der Waals surface area contributed by atoms with Gasteiger partial charge in [-0.15, -0.1) is 0 Å². The maximum absolute atomic E-state index is 12.6. The molecular formula is C24H27NO5. The van der Waals surface area contributed by atoms with E-state index in [0.29, 0.717) is 29.1 Å². The number of hydrogen-bond acceptors (Lipinski definition) is 5. The van der Waals surface area contributed by atoms with Gasteiger partial charge in [0.05, 0.1) is 20.3 Å². The van der Waals surface area contributed by atoms with Crippen LogP contribution in [0.1, 0.15) is 41.6 Å². The van der Waals surface area contributed by atoms with Crippen LogP contribution in [0.25, 0.3) is 11.0 Å². The third kappa shape index (κ3) is 4.48. The van der Waals surface area contributed by atoms with Crippen molar-refractivity contribution in [2.75, 3.05) is 14.2 Å². The van der Waals surface area contributed by atoms with Crippen molar-refractivity contribution < 1.29 is 18.7 Å². The van der Waals surface area contributed by atoms with Crippen LogP contribution in [0.4, 0.5) is 0 Å². The first-order valence-electron chi connectivity index (χ1n) is 9.88. The summed E-state index contributed by atoms with van der Waals surface area (Å²) in [6.07, 6.45) is 0.491. The van der Waals surface area contributed by atoms with Crippen LogP contribution in [0.3, 0.4) is 0 Å². The van der Waals surface area contributed by atoms with E-state index in [4.69, 9.17) is 13.9 Å². The zero-order valence-electron chi connectivity index (χ0n) is 18.0. The van der Waals surface area contributed by atoms with E-state index in [9.17, 15) is 9.59 Å². The summed E-state index contributed by atoms with van der Waals surface area (Å²) in [4.78, 5) is 25.0. The van der Waals surface area contributed by atoms with Crippen molar-refractivity contribution in [1.82, 2.24) is 5.32 Å². The second-order valence-electron chi connectivity index (χ2n) is 7.39. The molecule has 0 saturated heterocycles. The number of aryl methyl sites for hydroxylation is 2. The maximum atomic E-state index is 12.6. The SMILES string of the molecule is COc1ccc(OC)c(C(C)NC(=O)CCc2c(C)c3ccc(C)cc3oc2=O)c1. The van der Waals surface area contributed by atoms with Crippen molar-refractivity contribution in [1.29, 1.82) is 0 Å². The Bertz CT molecular complexity index is 1130. The highest BCUT2D eigenvalue weighted by atomic mass is 16.5. The normalized spacial score (nSPS) is 11.9. The van der Waals surface area contributed by atoms with Gasteiger partial charge in [0, 0.05) is 22.9 Å². The van der Waals surface area contributed by atoms with Crippen LogP contribution < -0.4 is 20.4 Å². The molecule has 0 radical (unpaired) electrons. The molecule has 2 aromatic carbocycles. The minimum absolute atomic E-state index is 0.157. The lowest BCUT2D eigenvalue weighted by atomic mass is 10.0. The van der Waals surface area contributed by atoms with E-state index in [0.717, 1.165) is 22.1 Å². The molecule has 0 saturated carbocycles. The molecule has 3 rings (SSSR count). The van der Waals surface area contributed by atoms with E-state index in [-0.39, 0.29) is 24.0 Å². The summed E-state index contributed by atoms with van der Waals surface area (Å²) in [6.45, 7) is 5.73. The molecule has 0 spiro atoms. The lowest BCUT2D eigenvalue weighted by Gasteiger charge is -2.18.